The fourth-order valence-electron chi connectivity index (χ4n) is 10.0. The highest BCUT2D eigenvalue weighted by Crippen LogP contribution is 2.48. The summed E-state index contributed by atoms with van der Waals surface area (Å²) in [6.45, 7) is 16.2. The molecule has 0 unspecified atom stereocenters. The van der Waals surface area contributed by atoms with E-state index >= 15 is 0 Å². The predicted molar refractivity (Wildman–Crippen MR) is 273 cm³/mol. The van der Waals surface area contributed by atoms with Crippen LogP contribution in [0.3, 0.4) is 0 Å². The largest absolute Gasteiger partial charge is 0.344 e. The summed E-state index contributed by atoms with van der Waals surface area (Å²) in [6, 6.07) is 55.5. The second-order valence-electron chi connectivity index (χ2n) is 17.7. The van der Waals surface area contributed by atoms with Crippen LogP contribution in [-0.2, 0) is 16.2 Å². The molecule has 6 aromatic rings. The lowest BCUT2D eigenvalue weighted by atomic mass is 9.66. The summed E-state index contributed by atoms with van der Waals surface area (Å²) < 4.78 is 2.57. The Balaban J connectivity index is 0.000000213. The molecule has 0 N–H and O–H groups in total. The lowest BCUT2D eigenvalue weighted by Gasteiger charge is -2.36. The van der Waals surface area contributed by atoms with Crippen LogP contribution in [0.2, 0.25) is 6.32 Å². The minimum atomic E-state index is -0.0568. The highest BCUT2D eigenvalue weighted by atomic mass is 15.2. The molecule has 0 radical (unpaired) electrons. The molecule has 6 aromatic carbocycles. The number of allylic oxidation sites excluding steroid dienone is 6. The molecular weight excluding hydrogens is 747 g/mol. The van der Waals surface area contributed by atoms with Gasteiger partial charge in [0.25, 0.3) is 0 Å². The number of benzene rings is 6. The zero-order chi connectivity index (χ0) is 43.6. The maximum absolute atomic E-state index is 2.57. The number of fused-ring (bicyclic) bond motifs is 4. The van der Waals surface area contributed by atoms with Crippen molar-refractivity contribution in [1.29, 1.82) is 0 Å². The van der Waals surface area contributed by atoms with Gasteiger partial charge in [-0.3, -0.25) is 0 Å². The summed E-state index contributed by atoms with van der Waals surface area (Å²) in [4.78, 5) is 2.54. The van der Waals surface area contributed by atoms with Crippen LogP contribution in [0.25, 0.3) is 10.8 Å². The Hall–Kier alpha value is -5.67. The summed E-state index contributed by atoms with van der Waals surface area (Å²) in [5.74, 6) is 0. The summed E-state index contributed by atoms with van der Waals surface area (Å²) in [5.41, 5.74) is 12.5. The molecule has 0 saturated carbocycles. The molecule has 0 fully saturated rings. The van der Waals surface area contributed by atoms with Crippen molar-refractivity contribution in [3.05, 3.63) is 216 Å². The van der Waals surface area contributed by atoms with Gasteiger partial charge in [-0.25, -0.2) is 0 Å². The van der Waals surface area contributed by atoms with E-state index in [1.54, 1.807) is 0 Å². The van der Waals surface area contributed by atoms with Gasteiger partial charge in [0.05, 0.1) is 5.41 Å². The van der Waals surface area contributed by atoms with Crippen molar-refractivity contribution in [3.8, 4) is 0 Å². The van der Waals surface area contributed by atoms with Gasteiger partial charge in [-0.2, -0.15) is 10.9 Å². The number of nitrogens with zero attached hydrogens (tertiary/aromatic N) is 2. The number of unbranched alkanes of at least 4 members (excludes halogenated alkanes) is 2. The van der Waals surface area contributed by atoms with Crippen molar-refractivity contribution in [1.82, 2.24) is 0 Å². The molecule has 0 aliphatic carbocycles. The Kier molecular flexibility index (Phi) is 14.3. The second kappa shape index (κ2) is 20.0. The van der Waals surface area contributed by atoms with Crippen LogP contribution in [-0.4, -0.2) is 31.2 Å². The maximum Gasteiger partial charge on any atom is 0.210 e. The maximum atomic E-state index is 2.57. The number of para-hydroxylation sites is 1. The number of anilines is 1. The van der Waals surface area contributed by atoms with Crippen molar-refractivity contribution in [2.75, 3.05) is 18.0 Å². The number of hydrogen-bond acceptors (Lipinski definition) is 1. The van der Waals surface area contributed by atoms with Crippen molar-refractivity contribution in [2.24, 2.45) is 0 Å². The second-order valence-corrected chi connectivity index (χ2v) is 17.7. The molecule has 2 aliphatic rings. The number of hydrogen-bond donors (Lipinski definition) is 0. The van der Waals surface area contributed by atoms with Crippen LogP contribution in [0, 0.1) is 0 Å². The third-order valence-electron chi connectivity index (χ3n) is 13.1. The zero-order valence-electron chi connectivity index (χ0n) is 37.6. The van der Waals surface area contributed by atoms with Crippen LogP contribution in [0.15, 0.2) is 188 Å². The summed E-state index contributed by atoms with van der Waals surface area (Å²) >= 11 is 0. The van der Waals surface area contributed by atoms with Crippen LogP contribution in [0.1, 0.15) is 108 Å². The first-order valence-electron chi connectivity index (χ1n) is 22.8. The average Bonchev–Trinajstić information content (AvgIpc) is 3.66. The molecule has 0 aromatic heterocycles. The summed E-state index contributed by atoms with van der Waals surface area (Å²) in [5, 5.41) is 2.70. The van der Waals surface area contributed by atoms with Gasteiger partial charge >= 0.3 is 0 Å². The van der Waals surface area contributed by atoms with Gasteiger partial charge in [-0.1, -0.05) is 199 Å². The first kappa shape index (κ1) is 44.4. The Morgan fingerprint density at radius 3 is 1.79 bits per heavy atom. The smallest absolute Gasteiger partial charge is 0.210 e. The van der Waals surface area contributed by atoms with E-state index in [1.807, 2.05) is 0 Å². The minimum absolute atomic E-state index is 0.000233. The SMILES string of the molecule is CCCCN1C(=CC=CC=CC2=[N+](CCCC)c3ccc4ccccc4c3C2(C)C)C(C)(C)c2ccccc21.[BH3-]CCCC(c1ccccc1)(c1ccccc1)c1ccccc1. The molecule has 0 saturated heterocycles. The Morgan fingerprint density at radius 1 is 0.597 bits per heavy atom. The summed E-state index contributed by atoms with van der Waals surface area (Å²) in [6.07, 6.45) is 20.1. The van der Waals surface area contributed by atoms with Gasteiger partial charge in [0.2, 0.25) is 5.69 Å². The third-order valence-corrected chi connectivity index (χ3v) is 13.1. The molecule has 2 heterocycles. The van der Waals surface area contributed by atoms with E-state index in [2.05, 4.69) is 233 Å². The van der Waals surface area contributed by atoms with E-state index in [9.17, 15) is 0 Å². The van der Waals surface area contributed by atoms with Crippen molar-refractivity contribution < 1.29 is 4.58 Å². The monoisotopic (exact) mass is 817 g/mol. The van der Waals surface area contributed by atoms with E-state index < -0.39 is 0 Å². The van der Waals surface area contributed by atoms with Crippen molar-refractivity contribution in [3.63, 3.8) is 0 Å². The average molecular weight is 817 g/mol. The van der Waals surface area contributed by atoms with Crippen LogP contribution >= 0.6 is 0 Å². The van der Waals surface area contributed by atoms with Crippen molar-refractivity contribution >= 4 is 35.7 Å². The van der Waals surface area contributed by atoms with Gasteiger partial charge in [0.15, 0.2) is 5.71 Å². The fourth-order valence-corrected chi connectivity index (χ4v) is 10.0. The van der Waals surface area contributed by atoms with E-state index in [0.29, 0.717) is 7.85 Å². The van der Waals surface area contributed by atoms with E-state index in [4.69, 9.17) is 0 Å². The molecule has 3 heteroatoms. The topological polar surface area (TPSA) is 6.25 Å². The molecule has 0 spiro atoms. The highest BCUT2D eigenvalue weighted by Gasteiger charge is 2.45. The standard InChI is InChI=1S/C37H45N2.C22H24B/c1-7-9-26-38-31-21-17-16-20-30(31)36(3,4)33(38)22-12-11-13-23-34-37(5,6)35-29-19-15-14-18-28(29)24-25-32(35)39(34)27-10-8-2;23-18-10-17-22(19-11-4-1-5-12-19,20-13-6-2-7-14-20)21-15-8-3-9-16-21/h11-25H,7-10,26-27H2,1-6H3;1-9,11-16H,10,17-18H2,23H3/q+1;-1. The first-order chi connectivity index (χ1) is 30.2. The molecule has 2 aliphatic heterocycles. The van der Waals surface area contributed by atoms with Crippen LogP contribution in [0.5, 0.6) is 0 Å². The molecule has 0 amide bonds. The Morgan fingerprint density at radius 2 is 1.18 bits per heavy atom. The predicted octanol–water partition coefficient (Wildman–Crippen LogP) is 14.2. The quantitative estimate of drug-likeness (QED) is 0.0433. The van der Waals surface area contributed by atoms with Crippen LogP contribution in [0.4, 0.5) is 11.4 Å². The molecule has 0 bridgehead atoms. The molecule has 318 valence electrons. The lowest BCUT2D eigenvalue weighted by Crippen LogP contribution is -2.29. The third kappa shape index (κ3) is 8.83. The fraction of sp³-hybridized carbons (Fsp3) is 0.305. The Labute approximate surface area is 374 Å². The van der Waals surface area contributed by atoms with E-state index in [-0.39, 0.29) is 16.2 Å². The van der Waals surface area contributed by atoms with Gasteiger partial charge in [-0.05, 0) is 85.8 Å². The van der Waals surface area contributed by atoms with Gasteiger partial charge in [-0.15, -0.1) is 0 Å². The molecule has 62 heavy (non-hydrogen) atoms. The van der Waals surface area contributed by atoms with E-state index in [0.717, 1.165) is 13.1 Å². The normalized spacial score (nSPS) is 16.0. The Bertz CT molecular complexity index is 2430. The van der Waals surface area contributed by atoms with Gasteiger partial charge in [0.1, 0.15) is 6.54 Å². The van der Waals surface area contributed by atoms with Gasteiger partial charge in [0, 0.05) is 52.9 Å². The van der Waals surface area contributed by atoms with Crippen LogP contribution < -0.4 is 4.90 Å². The highest BCUT2D eigenvalue weighted by molar-refractivity contribution is 6.08. The molecule has 0 atom stereocenters. The lowest BCUT2D eigenvalue weighted by molar-refractivity contribution is -0.438. The minimum Gasteiger partial charge on any atom is -0.344 e. The molecular formula is C59H69BN2. The van der Waals surface area contributed by atoms with Crippen molar-refractivity contribution in [2.45, 2.75) is 103 Å². The van der Waals surface area contributed by atoms with Gasteiger partial charge < -0.3 is 4.90 Å². The molecule has 2 nitrogen and oxygen atoms in total. The first-order valence-corrected chi connectivity index (χ1v) is 22.8. The number of rotatable bonds is 15. The molecule has 8 rings (SSSR count). The zero-order valence-corrected chi connectivity index (χ0v) is 37.6. The van der Waals surface area contributed by atoms with E-state index in [1.165, 1.54) is 106 Å². The summed E-state index contributed by atoms with van der Waals surface area (Å²) in [7, 11) is 0.469.